The fourth-order valence-corrected chi connectivity index (χ4v) is 10.9. The first-order valence-corrected chi connectivity index (χ1v) is 44.0. The van der Waals surface area contributed by atoms with Crippen LogP contribution in [0.5, 0.6) is 0 Å². The van der Waals surface area contributed by atoms with E-state index in [-0.39, 0.29) is 48.1 Å². The van der Waals surface area contributed by atoms with Crippen molar-refractivity contribution in [3.05, 3.63) is 262 Å². The first-order valence-electron chi connectivity index (χ1n) is 36.7. The summed E-state index contributed by atoms with van der Waals surface area (Å²) in [6, 6.07) is 22.9. The highest BCUT2D eigenvalue weighted by molar-refractivity contribution is 8.26. The molecule has 1 fully saturated rings. The van der Waals surface area contributed by atoms with E-state index in [1.165, 1.54) is 54.7 Å². The topological polar surface area (TPSA) is 482 Å². The van der Waals surface area contributed by atoms with Gasteiger partial charge in [-0.05, 0) is 183 Å². The van der Waals surface area contributed by atoms with Gasteiger partial charge in [0.2, 0.25) is 18.3 Å². The number of carboxylic acids is 1. The molecular formula is C77H101Cl3N18O19S3. The fourth-order valence-electron chi connectivity index (χ4n) is 10.5. The number of aromatic amines is 1. The number of rotatable bonds is 22. The lowest BCUT2D eigenvalue weighted by Crippen LogP contribution is -2.39. The van der Waals surface area contributed by atoms with Gasteiger partial charge < -0.3 is 38.5 Å². The molecule has 37 nitrogen and oxygen atoms in total. The Hall–Kier alpha value is -11.0. The van der Waals surface area contributed by atoms with Crippen molar-refractivity contribution >= 4 is 106 Å². The van der Waals surface area contributed by atoms with Gasteiger partial charge in [0.1, 0.15) is 0 Å². The second-order valence-corrected chi connectivity index (χ2v) is 32.7. The van der Waals surface area contributed by atoms with Crippen molar-refractivity contribution in [1.82, 2.24) is 86.4 Å². The molecule has 120 heavy (non-hydrogen) atoms. The van der Waals surface area contributed by atoms with Crippen LogP contribution >= 0.6 is 32.0 Å². The van der Waals surface area contributed by atoms with Gasteiger partial charge in [0.05, 0.1) is 45.2 Å². The Morgan fingerprint density at radius 2 is 0.800 bits per heavy atom. The molecule has 0 saturated carbocycles. The fraction of sp³-hybridized carbons (Fsp3) is 0.390. The van der Waals surface area contributed by atoms with Crippen molar-refractivity contribution in [3.8, 4) is 0 Å². The molecule has 0 aromatic carbocycles. The number of nitrogens with zero attached hydrogens (tertiary/aromatic N) is 17. The second kappa shape index (κ2) is 56.5. The smallest absolute Gasteiger partial charge is 0.332 e. The van der Waals surface area contributed by atoms with Crippen molar-refractivity contribution < 1.29 is 59.6 Å². The SMILES string of the molecule is C1CCOC1.CO.COC(=O)CCc1ccncc1.CS(=O)(=O)Cl.CS(=O)(=O)OCCCc1ccncc1.Cn1cnc2c1c(=O)[nH]c(=O)n2C.Cn1cnc2c1c(=O)n(CCCc1ccncc1)c(=O)n2C.Cn1cnc2c1c(=O)n(CCCc1ccncc1)c(=O)n2C.O=C(O)CCc1ccncc1.O=S(Cl)Cl.OCCCc1ccncc1. The van der Waals surface area contributed by atoms with Crippen molar-refractivity contribution in [2.24, 2.45) is 42.3 Å². The minimum Gasteiger partial charge on any atom is -0.481 e. The number of aliphatic hydroxyl groups excluding tert-OH is 2. The number of aromatic nitrogens is 18. The number of nitrogens with one attached hydrogen (secondary N) is 1. The van der Waals surface area contributed by atoms with Crippen LogP contribution in [-0.4, -0.2) is 188 Å². The quantitative estimate of drug-likeness (QED) is 0.0269. The summed E-state index contributed by atoms with van der Waals surface area (Å²) >= 11 is 0. The lowest BCUT2D eigenvalue weighted by atomic mass is 10.1. The number of methoxy groups -OCH3 is 1. The van der Waals surface area contributed by atoms with E-state index >= 15 is 0 Å². The zero-order valence-corrected chi connectivity index (χ0v) is 72.8. The maximum Gasteiger partial charge on any atom is 0.332 e. The highest BCUT2D eigenvalue weighted by Crippen LogP contribution is 2.10. The number of fused-ring (bicyclic) bond motifs is 3. The van der Waals surface area contributed by atoms with Gasteiger partial charge in [0, 0.05) is 202 Å². The van der Waals surface area contributed by atoms with Crippen LogP contribution in [0.2, 0.25) is 0 Å². The van der Waals surface area contributed by atoms with Crippen molar-refractivity contribution in [3.63, 3.8) is 0 Å². The van der Waals surface area contributed by atoms with E-state index in [0.717, 1.165) is 99.2 Å². The zero-order chi connectivity index (χ0) is 89.2. The normalized spacial score (nSPS) is 11.1. The Morgan fingerprint density at radius 3 is 1.10 bits per heavy atom. The average Bonchev–Trinajstić information content (AvgIpc) is 1.67. The van der Waals surface area contributed by atoms with Gasteiger partial charge in [0.15, 0.2) is 33.5 Å². The molecule has 4 N–H and O–H groups in total. The lowest BCUT2D eigenvalue weighted by molar-refractivity contribution is -0.140. The van der Waals surface area contributed by atoms with E-state index in [2.05, 4.69) is 90.8 Å². The number of pyridine rings is 6. The Bertz CT molecular complexity index is 5490. The standard InChI is InChI=1S/2C15H17N5O2.C9H13NO3S.C9H11NO2.C8H9NO2.C8H11NO.C7H8N4O2.C4H8O.CH3ClO2S.CH4O.Cl2OS/c2*1-18-10-17-13-12(18)14(21)20(15(22)19(13)2)9-3-4-11-5-7-16-8-6-11;1-14(11,12)13-8-2-3-9-4-6-10-7-5-9;1-12-9(11)3-2-8-4-6-10-7-5-8;10-8(11)2-1-7-3-5-9-6-4-7;10-7-1-2-8-3-5-9-6-4-8;1-10-3-8-5-4(10)6(12)9-7(13)11(5)2;1-2-4-5-3-1;1-5(2,3)4;1-2;1-4(2)3/h2*5-8,10H,3-4,9H2,1-2H3;4-7H,2-3,8H2,1H3;4-7H,2-3H2,1H3;3-6H,1-2H2,(H,10,11);3-6,10H,1-2,7H2;3H,1-2H3,(H,9,12,13);1-4H2;1H3;2H,1H3;. The summed E-state index contributed by atoms with van der Waals surface area (Å²) in [7, 11) is 17.8. The third-order valence-electron chi connectivity index (χ3n) is 16.4. The number of carbonyl (C=O) groups excluding carboxylic acids is 1. The van der Waals surface area contributed by atoms with Gasteiger partial charge in [-0.2, -0.15) is 8.42 Å². The lowest BCUT2D eigenvalue weighted by Gasteiger charge is -2.08. The van der Waals surface area contributed by atoms with E-state index < -0.39 is 45.6 Å². The van der Waals surface area contributed by atoms with Crippen LogP contribution in [0.15, 0.2) is 195 Å². The predicted molar refractivity (Wildman–Crippen MR) is 459 cm³/mol. The number of halogens is 3. The van der Waals surface area contributed by atoms with Gasteiger partial charge in [-0.25, -0.2) is 42.0 Å². The van der Waals surface area contributed by atoms with Crippen LogP contribution in [0.1, 0.15) is 84.7 Å². The van der Waals surface area contributed by atoms with Crippen LogP contribution < -0.4 is 33.7 Å². The molecule has 0 bridgehead atoms. The van der Waals surface area contributed by atoms with Gasteiger partial charge in [-0.1, -0.05) is 0 Å². The summed E-state index contributed by atoms with van der Waals surface area (Å²) in [5.41, 5.74) is 7.25. The van der Waals surface area contributed by atoms with Crippen molar-refractivity contribution in [2.75, 3.05) is 53.2 Å². The first kappa shape index (κ1) is 103. The molecule has 12 aromatic heterocycles. The Balaban J connectivity index is 0.000000356. The van der Waals surface area contributed by atoms with E-state index in [4.69, 9.17) is 24.3 Å². The summed E-state index contributed by atoms with van der Waals surface area (Å²) in [6.07, 6.45) is 38.0. The van der Waals surface area contributed by atoms with Crippen LogP contribution in [0.4, 0.5) is 0 Å². The number of H-pyrrole nitrogens is 1. The van der Waals surface area contributed by atoms with Crippen molar-refractivity contribution in [1.29, 1.82) is 0 Å². The first-order chi connectivity index (χ1) is 57.1. The van der Waals surface area contributed by atoms with Gasteiger partial charge in [-0.3, -0.25) is 85.9 Å². The number of esters is 1. The molecular weight excluding hydrogens is 1680 g/mol. The highest BCUT2D eigenvalue weighted by atomic mass is 36.0. The van der Waals surface area contributed by atoms with Gasteiger partial charge in [0.25, 0.3) is 26.8 Å². The molecule has 0 spiro atoms. The third-order valence-corrected chi connectivity index (χ3v) is 17.0. The van der Waals surface area contributed by atoms with E-state index in [1.807, 2.05) is 72.8 Å². The molecule has 0 unspecified atom stereocenters. The Labute approximate surface area is 708 Å². The zero-order valence-electron chi connectivity index (χ0n) is 68.1. The molecule has 0 amide bonds. The number of carboxylic acid groups (broad SMARTS) is 1. The molecule has 1 aliphatic rings. The van der Waals surface area contributed by atoms with Crippen molar-refractivity contribution in [2.45, 2.75) is 103 Å². The number of aryl methyl sites for hydroxylation is 12. The monoisotopic (exact) mass is 1780 g/mol. The summed E-state index contributed by atoms with van der Waals surface area (Å²) in [6.45, 7) is 3.27. The Kier molecular flexibility index (Phi) is 48.6. The number of imidazole rings is 3. The molecule has 0 atom stereocenters. The molecule has 13 heterocycles. The number of ether oxygens (including phenoxy) is 2. The molecule has 652 valence electrons. The molecule has 0 aliphatic carbocycles. The summed E-state index contributed by atoms with van der Waals surface area (Å²) in [5.74, 6) is -0.936. The maximum atomic E-state index is 12.5. The average molecular weight is 1790 g/mol. The number of aliphatic carboxylic acids is 1. The largest absolute Gasteiger partial charge is 0.481 e. The minimum atomic E-state index is -3.29. The number of carbonyl (C=O) groups is 2. The summed E-state index contributed by atoms with van der Waals surface area (Å²) in [4.78, 5) is 131. The van der Waals surface area contributed by atoms with E-state index in [1.54, 1.807) is 143 Å². The molecule has 0 radical (unpaired) electrons. The van der Waals surface area contributed by atoms with E-state index in [9.17, 15) is 55.2 Å². The summed E-state index contributed by atoms with van der Waals surface area (Å²) in [5, 5.41) is 23.9. The van der Waals surface area contributed by atoms with Crippen LogP contribution in [0.25, 0.3) is 33.5 Å². The maximum absolute atomic E-state index is 12.5. The molecule has 1 aliphatic heterocycles. The highest BCUT2D eigenvalue weighted by Gasteiger charge is 2.17. The number of hydrogen-bond acceptors (Lipinski definition) is 27. The summed E-state index contributed by atoms with van der Waals surface area (Å²) < 4.78 is 74.8. The molecule has 1 saturated heterocycles. The second-order valence-electron chi connectivity index (χ2n) is 25.5. The minimum absolute atomic E-state index is 0.174. The third kappa shape index (κ3) is 40.2. The predicted octanol–water partition coefficient (Wildman–Crippen LogP) is 5.80. The van der Waals surface area contributed by atoms with Gasteiger partial charge in [-0.15, -0.1) is 0 Å². The molecule has 12 aromatic rings. The van der Waals surface area contributed by atoms with Crippen LogP contribution in [-0.2, 0) is 146 Å². The van der Waals surface area contributed by atoms with Crippen LogP contribution in [0, 0.1) is 0 Å². The van der Waals surface area contributed by atoms with Gasteiger partial charge >= 0.3 is 29.0 Å². The Morgan fingerprint density at radius 1 is 0.500 bits per heavy atom. The number of hydrogen-bond donors (Lipinski definition) is 4. The van der Waals surface area contributed by atoms with E-state index in [0.29, 0.717) is 78.7 Å². The molecule has 13 rings (SSSR count). The van der Waals surface area contributed by atoms with Crippen LogP contribution in [0.3, 0.4) is 0 Å². The number of aliphatic hydroxyl groups is 2. The molecule has 43 heteroatoms.